The lowest BCUT2D eigenvalue weighted by Gasteiger charge is -2.19. The van der Waals surface area contributed by atoms with Gasteiger partial charge in [0.2, 0.25) is 0 Å². The molecule has 2 aromatic heterocycles. The topological polar surface area (TPSA) is 103 Å². The summed E-state index contributed by atoms with van der Waals surface area (Å²) >= 11 is 0. The molecule has 114 valence electrons. The Bertz CT molecular complexity index is 639. The number of carbonyl (C=O) groups excluding carboxylic acids is 1. The van der Waals surface area contributed by atoms with E-state index in [0.717, 1.165) is 0 Å². The Morgan fingerprint density at radius 1 is 1.29 bits per heavy atom. The molecule has 0 aliphatic heterocycles. The molecule has 0 unspecified atom stereocenters. The Morgan fingerprint density at radius 2 is 2.00 bits per heavy atom. The first-order valence-electron chi connectivity index (χ1n) is 6.48. The van der Waals surface area contributed by atoms with Gasteiger partial charge in [-0.2, -0.15) is 4.98 Å². The summed E-state index contributed by atoms with van der Waals surface area (Å²) in [6, 6.07) is 0. The number of nitrogens with zero attached hydrogens (tertiary/aromatic N) is 3. The number of hydrogen-bond donors (Lipinski definition) is 1. The van der Waals surface area contributed by atoms with Gasteiger partial charge in [-0.1, -0.05) is 5.16 Å². The SMILES string of the molecule is Cc1noc(-c2nc(C)oc2CNC(=O)OC(C)(C)C)n1. The van der Waals surface area contributed by atoms with Crippen molar-refractivity contribution in [3.05, 3.63) is 17.5 Å². The molecule has 8 nitrogen and oxygen atoms in total. The first-order valence-corrected chi connectivity index (χ1v) is 6.48. The number of ether oxygens (including phenoxy) is 1. The van der Waals surface area contributed by atoms with E-state index in [4.69, 9.17) is 13.7 Å². The standard InChI is InChI=1S/C13H18N4O4/c1-7-15-11(21-17-7)10-9(19-8(2)16-10)6-14-12(18)20-13(3,4)5/h6H2,1-5H3,(H,14,18). The fourth-order valence-electron chi connectivity index (χ4n) is 1.62. The van der Waals surface area contributed by atoms with Crippen LogP contribution in [0.15, 0.2) is 8.94 Å². The number of alkyl carbamates (subject to hydrolysis) is 1. The zero-order valence-electron chi connectivity index (χ0n) is 12.7. The summed E-state index contributed by atoms with van der Waals surface area (Å²) in [6.45, 7) is 8.89. The van der Waals surface area contributed by atoms with E-state index in [1.165, 1.54) is 0 Å². The molecule has 0 spiro atoms. The first-order chi connectivity index (χ1) is 9.74. The fraction of sp³-hybridized carbons (Fsp3) is 0.538. The van der Waals surface area contributed by atoms with E-state index in [0.29, 0.717) is 23.2 Å². The second-order valence-corrected chi connectivity index (χ2v) is 5.51. The predicted octanol–water partition coefficient (Wildman–Crippen LogP) is 2.37. The van der Waals surface area contributed by atoms with E-state index in [9.17, 15) is 4.79 Å². The van der Waals surface area contributed by atoms with Crippen molar-refractivity contribution in [1.82, 2.24) is 20.4 Å². The van der Waals surface area contributed by atoms with E-state index in [2.05, 4.69) is 20.4 Å². The van der Waals surface area contributed by atoms with Crippen LogP contribution >= 0.6 is 0 Å². The fourth-order valence-corrected chi connectivity index (χ4v) is 1.62. The largest absolute Gasteiger partial charge is 0.444 e. The number of aromatic nitrogens is 3. The number of amides is 1. The average molecular weight is 294 g/mol. The molecule has 0 fully saturated rings. The zero-order valence-corrected chi connectivity index (χ0v) is 12.7. The number of nitrogens with one attached hydrogen (secondary N) is 1. The van der Waals surface area contributed by atoms with Crippen molar-refractivity contribution < 1.29 is 18.5 Å². The van der Waals surface area contributed by atoms with Crippen LogP contribution in [-0.2, 0) is 11.3 Å². The van der Waals surface area contributed by atoms with Crippen LogP contribution in [0.2, 0.25) is 0 Å². The minimum atomic E-state index is -0.562. The summed E-state index contributed by atoms with van der Waals surface area (Å²) in [5.74, 6) is 1.63. The molecule has 21 heavy (non-hydrogen) atoms. The Morgan fingerprint density at radius 3 is 2.57 bits per heavy atom. The van der Waals surface area contributed by atoms with Gasteiger partial charge >= 0.3 is 6.09 Å². The summed E-state index contributed by atoms with van der Waals surface area (Å²) in [7, 11) is 0. The van der Waals surface area contributed by atoms with Gasteiger partial charge in [0, 0.05) is 6.92 Å². The highest BCUT2D eigenvalue weighted by atomic mass is 16.6. The monoisotopic (exact) mass is 294 g/mol. The predicted molar refractivity (Wildman–Crippen MR) is 72.3 cm³/mol. The Kier molecular flexibility index (Phi) is 3.97. The summed E-state index contributed by atoms with van der Waals surface area (Å²) in [4.78, 5) is 19.9. The molecule has 0 saturated heterocycles. The molecular weight excluding hydrogens is 276 g/mol. The third kappa shape index (κ3) is 4.04. The number of rotatable bonds is 3. The summed E-state index contributed by atoms with van der Waals surface area (Å²) < 4.78 is 15.7. The van der Waals surface area contributed by atoms with Crippen LogP contribution in [0.3, 0.4) is 0 Å². The molecular formula is C13H18N4O4. The summed E-state index contributed by atoms with van der Waals surface area (Å²) in [6.07, 6.45) is -0.538. The highest BCUT2D eigenvalue weighted by Crippen LogP contribution is 2.22. The summed E-state index contributed by atoms with van der Waals surface area (Å²) in [5, 5.41) is 6.31. The van der Waals surface area contributed by atoms with E-state index in [-0.39, 0.29) is 12.4 Å². The van der Waals surface area contributed by atoms with Gasteiger partial charge in [-0.3, -0.25) is 0 Å². The van der Waals surface area contributed by atoms with Crippen LogP contribution in [0.1, 0.15) is 38.2 Å². The maximum absolute atomic E-state index is 11.6. The third-order valence-electron chi connectivity index (χ3n) is 2.33. The van der Waals surface area contributed by atoms with Crippen LogP contribution in [0.5, 0.6) is 0 Å². The number of carbonyl (C=O) groups is 1. The van der Waals surface area contributed by atoms with Crippen LogP contribution in [0.25, 0.3) is 11.6 Å². The van der Waals surface area contributed by atoms with E-state index in [1.54, 1.807) is 34.6 Å². The quantitative estimate of drug-likeness (QED) is 0.926. The van der Waals surface area contributed by atoms with Gasteiger partial charge in [0.15, 0.2) is 23.2 Å². The second kappa shape index (κ2) is 5.55. The molecule has 8 heteroatoms. The van der Waals surface area contributed by atoms with Crippen molar-refractivity contribution >= 4 is 6.09 Å². The third-order valence-corrected chi connectivity index (χ3v) is 2.33. The lowest BCUT2D eigenvalue weighted by atomic mass is 10.2. The maximum atomic E-state index is 11.6. The molecule has 2 aromatic rings. The van der Waals surface area contributed by atoms with Crippen LogP contribution in [-0.4, -0.2) is 26.8 Å². The Balaban J connectivity index is 2.09. The van der Waals surface area contributed by atoms with Gasteiger partial charge in [0.25, 0.3) is 5.89 Å². The minimum absolute atomic E-state index is 0.118. The molecule has 2 heterocycles. The number of aryl methyl sites for hydroxylation is 2. The van der Waals surface area contributed by atoms with E-state index in [1.807, 2.05) is 0 Å². The second-order valence-electron chi connectivity index (χ2n) is 5.51. The van der Waals surface area contributed by atoms with Crippen molar-refractivity contribution in [2.45, 2.75) is 46.8 Å². The molecule has 0 aliphatic rings. The molecule has 1 amide bonds. The van der Waals surface area contributed by atoms with Crippen molar-refractivity contribution in [2.24, 2.45) is 0 Å². The zero-order chi connectivity index (χ0) is 15.6. The Hall–Kier alpha value is -2.38. The number of hydrogen-bond acceptors (Lipinski definition) is 7. The van der Waals surface area contributed by atoms with Gasteiger partial charge in [0.05, 0.1) is 6.54 Å². The van der Waals surface area contributed by atoms with Crippen molar-refractivity contribution in [3.8, 4) is 11.6 Å². The van der Waals surface area contributed by atoms with Crippen molar-refractivity contribution in [1.29, 1.82) is 0 Å². The van der Waals surface area contributed by atoms with E-state index < -0.39 is 11.7 Å². The highest BCUT2D eigenvalue weighted by molar-refractivity contribution is 5.68. The van der Waals surface area contributed by atoms with Gasteiger partial charge < -0.3 is 19.0 Å². The lowest BCUT2D eigenvalue weighted by molar-refractivity contribution is 0.0520. The molecule has 1 N–H and O–H groups in total. The van der Waals surface area contributed by atoms with Crippen LogP contribution in [0, 0.1) is 13.8 Å². The molecule has 2 rings (SSSR count). The molecule has 0 atom stereocenters. The van der Waals surface area contributed by atoms with Gasteiger partial charge in [0.1, 0.15) is 5.60 Å². The molecule has 0 aromatic carbocycles. The smallest absolute Gasteiger partial charge is 0.408 e. The lowest BCUT2D eigenvalue weighted by Crippen LogP contribution is -2.32. The van der Waals surface area contributed by atoms with Gasteiger partial charge in [-0.15, -0.1) is 0 Å². The van der Waals surface area contributed by atoms with E-state index >= 15 is 0 Å². The van der Waals surface area contributed by atoms with Crippen molar-refractivity contribution in [3.63, 3.8) is 0 Å². The normalized spacial score (nSPS) is 11.5. The highest BCUT2D eigenvalue weighted by Gasteiger charge is 2.21. The van der Waals surface area contributed by atoms with Crippen LogP contribution < -0.4 is 5.32 Å². The van der Waals surface area contributed by atoms with Crippen molar-refractivity contribution in [2.75, 3.05) is 0 Å². The Labute approximate surface area is 121 Å². The minimum Gasteiger partial charge on any atom is -0.444 e. The average Bonchev–Trinajstić information content (AvgIpc) is 2.90. The summed E-state index contributed by atoms with van der Waals surface area (Å²) in [5.41, 5.74) is -0.141. The first kappa shape index (κ1) is 15.0. The van der Waals surface area contributed by atoms with Crippen LogP contribution in [0.4, 0.5) is 4.79 Å². The van der Waals surface area contributed by atoms with Gasteiger partial charge in [-0.05, 0) is 27.7 Å². The van der Waals surface area contributed by atoms with Gasteiger partial charge in [-0.25, -0.2) is 9.78 Å². The molecule has 0 saturated carbocycles. The molecule has 0 aliphatic carbocycles. The maximum Gasteiger partial charge on any atom is 0.408 e. The molecule has 0 bridgehead atoms. The number of oxazole rings is 1. The molecule has 0 radical (unpaired) electrons.